The molecule has 0 spiro atoms. The van der Waals surface area contributed by atoms with Crippen molar-refractivity contribution in [2.45, 2.75) is 46.0 Å². The summed E-state index contributed by atoms with van der Waals surface area (Å²) >= 11 is 0. The first-order valence-electron chi connectivity index (χ1n) is 7.33. The van der Waals surface area contributed by atoms with Crippen molar-refractivity contribution >= 4 is 11.9 Å². The Kier molecular flexibility index (Phi) is 4.65. The Morgan fingerprint density at radius 1 is 1.48 bits per heavy atom. The summed E-state index contributed by atoms with van der Waals surface area (Å²) in [6, 6.07) is 0. The van der Waals surface area contributed by atoms with Crippen molar-refractivity contribution in [2.75, 3.05) is 13.1 Å². The van der Waals surface area contributed by atoms with Gasteiger partial charge in [-0.15, -0.1) is 0 Å². The number of aliphatic carboxylic acids is 1. The highest BCUT2D eigenvalue weighted by Crippen LogP contribution is 2.27. The van der Waals surface area contributed by atoms with E-state index in [0.29, 0.717) is 25.9 Å². The summed E-state index contributed by atoms with van der Waals surface area (Å²) in [5.41, 5.74) is 1.80. The third kappa shape index (κ3) is 3.43. The molecule has 2 rings (SSSR count). The first-order chi connectivity index (χ1) is 9.90. The molecule has 1 aliphatic heterocycles. The zero-order valence-corrected chi connectivity index (χ0v) is 12.8. The summed E-state index contributed by atoms with van der Waals surface area (Å²) in [5, 5.41) is 13.0. The van der Waals surface area contributed by atoms with Gasteiger partial charge in [-0.3, -0.25) is 9.59 Å². The fraction of sp³-hybridized carbons (Fsp3) is 0.667. The Hall–Kier alpha value is -1.85. The maximum atomic E-state index is 12.4. The average molecular weight is 294 g/mol. The van der Waals surface area contributed by atoms with Crippen LogP contribution in [-0.4, -0.2) is 40.1 Å². The molecule has 116 valence electrons. The number of carboxylic acid groups (broad SMARTS) is 1. The van der Waals surface area contributed by atoms with Gasteiger partial charge in [0.2, 0.25) is 5.91 Å². The molecule has 0 aromatic carbocycles. The van der Waals surface area contributed by atoms with E-state index >= 15 is 0 Å². The predicted octanol–water partition coefficient (Wildman–Crippen LogP) is 2.11. The number of carbonyl (C=O) groups excluding carboxylic acids is 1. The van der Waals surface area contributed by atoms with Crippen LogP contribution in [0.15, 0.2) is 4.52 Å². The van der Waals surface area contributed by atoms with Crippen LogP contribution in [0, 0.1) is 19.8 Å². The number of hydrogen-bond acceptors (Lipinski definition) is 4. The van der Waals surface area contributed by atoms with E-state index in [2.05, 4.69) is 5.16 Å². The molecule has 6 nitrogen and oxygen atoms in total. The van der Waals surface area contributed by atoms with Crippen molar-refractivity contribution in [2.24, 2.45) is 5.92 Å². The fourth-order valence-corrected chi connectivity index (χ4v) is 3.09. The first-order valence-corrected chi connectivity index (χ1v) is 7.33. The number of nitrogens with zero attached hydrogens (tertiary/aromatic N) is 2. The van der Waals surface area contributed by atoms with E-state index in [1.54, 1.807) is 4.90 Å². The van der Waals surface area contributed by atoms with Gasteiger partial charge in [-0.25, -0.2) is 0 Å². The van der Waals surface area contributed by atoms with E-state index in [1.807, 2.05) is 20.8 Å². The molecule has 1 amide bonds. The highest BCUT2D eigenvalue weighted by atomic mass is 16.5. The van der Waals surface area contributed by atoms with E-state index in [0.717, 1.165) is 23.4 Å². The van der Waals surface area contributed by atoms with E-state index in [4.69, 9.17) is 9.63 Å². The zero-order chi connectivity index (χ0) is 15.6. The molecule has 1 fully saturated rings. The van der Waals surface area contributed by atoms with Gasteiger partial charge in [0.25, 0.3) is 0 Å². The lowest BCUT2D eigenvalue weighted by atomic mass is 9.94. The second-order valence-electron chi connectivity index (χ2n) is 5.86. The lowest BCUT2D eigenvalue weighted by Gasteiger charge is -2.31. The van der Waals surface area contributed by atoms with Crippen molar-refractivity contribution in [1.82, 2.24) is 10.1 Å². The Morgan fingerprint density at radius 2 is 2.19 bits per heavy atom. The largest absolute Gasteiger partial charge is 0.481 e. The summed E-state index contributed by atoms with van der Waals surface area (Å²) in [4.78, 5) is 25.1. The van der Waals surface area contributed by atoms with Gasteiger partial charge in [0.1, 0.15) is 5.76 Å². The molecule has 0 aliphatic carbocycles. The predicted molar refractivity (Wildman–Crippen MR) is 75.9 cm³/mol. The van der Waals surface area contributed by atoms with Gasteiger partial charge in [0.15, 0.2) is 0 Å². The van der Waals surface area contributed by atoms with Gasteiger partial charge < -0.3 is 14.5 Å². The molecule has 0 saturated carbocycles. The number of aryl methyl sites for hydroxylation is 2. The Morgan fingerprint density at radius 3 is 2.76 bits per heavy atom. The molecular weight excluding hydrogens is 272 g/mol. The summed E-state index contributed by atoms with van der Waals surface area (Å²) in [6.07, 6.45) is 1.76. The van der Waals surface area contributed by atoms with Crippen molar-refractivity contribution in [3.8, 4) is 0 Å². The summed E-state index contributed by atoms with van der Waals surface area (Å²) < 4.78 is 5.14. The Labute approximate surface area is 124 Å². The number of piperidine rings is 1. The second kappa shape index (κ2) is 6.28. The molecule has 1 N–H and O–H groups in total. The van der Waals surface area contributed by atoms with Crippen LogP contribution >= 0.6 is 0 Å². The Bertz CT molecular complexity index is 518. The van der Waals surface area contributed by atoms with Gasteiger partial charge in [0, 0.05) is 25.1 Å². The number of rotatable bonds is 4. The number of hydrogen-bond donors (Lipinski definition) is 1. The average Bonchev–Trinajstić information content (AvgIpc) is 2.78. The summed E-state index contributed by atoms with van der Waals surface area (Å²) in [7, 11) is 0. The van der Waals surface area contributed by atoms with Crippen LogP contribution in [0.1, 0.15) is 49.1 Å². The quantitative estimate of drug-likeness (QED) is 0.919. The van der Waals surface area contributed by atoms with Crippen molar-refractivity contribution in [3.63, 3.8) is 0 Å². The minimum absolute atomic E-state index is 0.00782. The normalized spacial score (nSPS) is 20.3. The van der Waals surface area contributed by atoms with Crippen LogP contribution < -0.4 is 0 Å². The third-order valence-corrected chi connectivity index (χ3v) is 4.19. The lowest BCUT2D eigenvalue weighted by molar-refractivity contribution is -0.145. The SMILES string of the molecule is Cc1noc(C)c1[C@H](C)CC(=O)N1CCC[C@@H](C(=O)O)C1. The molecule has 21 heavy (non-hydrogen) atoms. The molecule has 2 heterocycles. The molecule has 0 radical (unpaired) electrons. The maximum absolute atomic E-state index is 12.4. The van der Waals surface area contributed by atoms with Gasteiger partial charge >= 0.3 is 5.97 Å². The highest BCUT2D eigenvalue weighted by Gasteiger charge is 2.29. The molecule has 0 bridgehead atoms. The van der Waals surface area contributed by atoms with E-state index in [1.165, 1.54) is 0 Å². The van der Waals surface area contributed by atoms with Gasteiger partial charge in [-0.1, -0.05) is 12.1 Å². The third-order valence-electron chi connectivity index (χ3n) is 4.19. The van der Waals surface area contributed by atoms with Crippen LogP contribution in [0.25, 0.3) is 0 Å². The first kappa shape index (κ1) is 15.5. The molecule has 6 heteroatoms. The number of carboxylic acids is 1. The lowest BCUT2D eigenvalue weighted by Crippen LogP contribution is -2.42. The molecule has 2 atom stereocenters. The van der Waals surface area contributed by atoms with Gasteiger partial charge in [-0.05, 0) is 32.6 Å². The molecule has 1 aliphatic rings. The van der Waals surface area contributed by atoms with E-state index in [9.17, 15) is 9.59 Å². The fourth-order valence-electron chi connectivity index (χ4n) is 3.09. The van der Waals surface area contributed by atoms with Crippen LogP contribution in [0.2, 0.25) is 0 Å². The van der Waals surface area contributed by atoms with Gasteiger partial charge in [0.05, 0.1) is 11.6 Å². The molecule has 0 unspecified atom stereocenters. The van der Waals surface area contributed by atoms with Crippen molar-refractivity contribution in [3.05, 3.63) is 17.0 Å². The van der Waals surface area contributed by atoms with Crippen LogP contribution in [0.3, 0.4) is 0 Å². The zero-order valence-electron chi connectivity index (χ0n) is 12.8. The minimum Gasteiger partial charge on any atom is -0.481 e. The number of amides is 1. The second-order valence-corrected chi connectivity index (χ2v) is 5.86. The monoisotopic (exact) mass is 294 g/mol. The Balaban J connectivity index is 1.99. The van der Waals surface area contributed by atoms with Crippen LogP contribution in [-0.2, 0) is 9.59 Å². The molecule has 1 aromatic rings. The summed E-state index contributed by atoms with van der Waals surface area (Å²) in [5.74, 6) is -0.472. The van der Waals surface area contributed by atoms with Crippen LogP contribution in [0.4, 0.5) is 0 Å². The smallest absolute Gasteiger partial charge is 0.308 e. The molecule has 1 saturated heterocycles. The molecule has 1 aromatic heterocycles. The number of likely N-dealkylation sites (tertiary alicyclic amines) is 1. The topological polar surface area (TPSA) is 83.6 Å². The number of aromatic nitrogens is 1. The van der Waals surface area contributed by atoms with E-state index in [-0.39, 0.29) is 11.8 Å². The highest BCUT2D eigenvalue weighted by molar-refractivity contribution is 5.78. The number of carbonyl (C=O) groups is 2. The maximum Gasteiger partial charge on any atom is 0.308 e. The summed E-state index contributed by atoms with van der Waals surface area (Å²) in [6.45, 7) is 6.66. The van der Waals surface area contributed by atoms with Crippen LogP contribution in [0.5, 0.6) is 0 Å². The van der Waals surface area contributed by atoms with Crippen molar-refractivity contribution < 1.29 is 19.2 Å². The minimum atomic E-state index is -0.814. The van der Waals surface area contributed by atoms with Crippen molar-refractivity contribution in [1.29, 1.82) is 0 Å². The molecular formula is C15H22N2O4. The van der Waals surface area contributed by atoms with E-state index < -0.39 is 11.9 Å². The standard InChI is InChI=1S/C15H22N2O4/c1-9(14-10(2)16-21-11(14)3)7-13(18)17-6-4-5-12(8-17)15(19)20/h9,12H,4-8H2,1-3H3,(H,19,20)/t9-,12-/m1/s1. The van der Waals surface area contributed by atoms with Gasteiger partial charge in [-0.2, -0.15) is 0 Å².